The fraction of sp³-hybridized carbons (Fsp3) is 0.130. The fourth-order valence-corrected chi connectivity index (χ4v) is 4.18. The molecular formula is C23H17Cl3N4O4S. The zero-order chi connectivity index (χ0) is 25.2. The van der Waals surface area contributed by atoms with Crippen LogP contribution in [-0.2, 0) is 4.79 Å². The van der Waals surface area contributed by atoms with Gasteiger partial charge in [-0.05, 0) is 30.4 Å². The first-order valence-corrected chi connectivity index (χ1v) is 11.7. The first-order valence-electron chi connectivity index (χ1n) is 10.2. The summed E-state index contributed by atoms with van der Waals surface area (Å²) in [6, 6.07) is 20.1. The minimum Gasteiger partial charge on any atom is -0.457 e. The van der Waals surface area contributed by atoms with Gasteiger partial charge in [-0.1, -0.05) is 77.3 Å². The summed E-state index contributed by atoms with van der Waals surface area (Å²) in [5, 5.41) is 19.3. The number of rotatable bonds is 5. The normalized spacial score (nSPS) is 13.5. The zero-order valence-electron chi connectivity index (χ0n) is 17.7. The second-order valence-corrected chi connectivity index (χ2v) is 10.3. The van der Waals surface area contributed by atoms with Gasteiger partial charge in [0, 0.05) is 28.9 Å². The third-order valence-corrected chi connectivity index (χ3v) is 6.02. The molecule has 0 radical (unpaired) electrons. The molecule has 0 fully saturated rings. The van der Waals surface area contributed by atoms with Crippen molar-refractivity contribution in [1.29, 1.82) is 0 Å². The lowest BCUT2D eigenvalue weighted by Crippen LogP contribution is -2.57. The summed E-state index contributed by atoms with van der Waals surface area (Å²) in [4.78, 5) is 24.0. The highest BCUT2D eigenvalue weighted by Crippen LogP contribution is 2.44. The van der Waals surface area contributed by atoms with Crippen molar-refractivity contribution in [3.05, 3.63) is 94.0 Å². The van der Waals surface area contributed by atoms with Crippen molar-refractivity contribution < 1.29 is 14.5 Å². The summed E-state index contributed by atoms with van der Waals surface area (Å²) in [5.41, 5.74) is 1.53. The Balaban J connectivity index is 1.55. The van der Waals surface area contributed by atoms with Gasteiger partial charge in [-0.25, -0.2) is 0 Å². The van der Waals surface area contributed by atoms with Gasteiger partial charge >= 0.3 is 0 Å². The van der Waals surface area contributed by atoms with Crippen LogP contribution < -0.4 is 20.7 Å². The first-order chi connectivity index (χ1) is 16.6. The SMILES string of the molecule is O=C(NC(NC(=S)Nc1cccc([N+](=O)[O-])c1)C(Cl)(Cl)Cl)C1c2ccccc2Oc2ccccc21. The number of amides is 1. The summed E-state index contributed by atoms with van der Waals surface area (Å²) >= 11 is 23.7. The number of para-hydroxylation sites is 2. The van der Waals surface area contributed by atoms with Gasteiger partial charge in [-0.3, -0.25) is 14.9 Å². The van der Waals surface area contributed by atoms with Crippen LogP contribution in [0, 0.1) is 10.1 Å². The number of alkyl halides is 3. The number of carbonyl (C=O) groups excluding carboxylic acids is 1. The molecule has 3 aromatic carbocycles. The van der Waals surface area contributed by atoms with Gasteiger partial charge in [0.15, 0.2) is 5.11 Å². The highest BCUT2D eigenvalue weighted by molar-refractivity contribution is 7.80. The lowest BCUT2D eigenvalue weighted by molar-refractivity contribution is -0.384. The summed E-state index contributed by atoms with van der Waals surface area (Å²) in [5.74, 6) is -0.0820. The van der Waals surface area contributed by atoms with E-state index in [0.29, 0.717) is 28.3 Å². The van der Waals surface area contributed by atoms with Crippen LogP contribution in [-0.4, -0.2) is 25.9 Å². The van der Waals surface area contributed by atoms with E-state index in [1.54, 1.807) is 42.5 Å². The molecule has 12 heteroatoms. The van der Waals surface area contributed by atoms with E-state index in [1.807, 2.05) is 12.1 Å². The van der Waals surface area contributed by atoms with Gasteiger partial charge in [0.2, 0.25) is 9.70 Å². The van der Waals surface area contributed by atoms with Crippen molar-refractivity contribution in [2.75, 3.05) is 5.32 Å². The molecule has 1 amide bonds. The number of ether oxygens (including phenoxy) is 1. The largest absolute Gasteiger partial charge is 0.457 e. The molecule has 1 heterocycles. The van der Waals surface area contributed by atoms with Crippen LogP contribution in [0.25, 0.3) is 0 Å². The number of anilines is 1. The van der Waals surface area contributed by atoms with Crippen LogP contribution in [0.2, 0.25) is 0 Å². The molecule has 3 aromatic rings. The van der Waals surface area contributed by atoms with Gasteiger partial charge in [-0.15, -0.1) is 0 Å². The average molecular weight is 552 g/mol. The number of benzene rings is 3. The van der Waals surface area contributed by atoms with Gasteiger partial charge < -0.3 is 20.7 Å². The molecule has 1 unspecified atom stereocenters. The second kappa shape index (κ2) is 10.2. The van der Waals surface area contributed by atoms with Crippen LogP contribution in [0.15, 0.2) is 72.8 Å². The topological polar surface area (TPSA) is 106 Å². The van der Waals surface area contributed by atoms with Crippen LogP contribution in [0.5, 0.6) is 11.5 Å². The molecular weight excluding hydrogens is 535 g/mol. The second-order valence-electron chi connectivity index (χ2n) is 7.50. The maximum atomic E-state index is 13.5. The molecule has 0 aromatic heterocycles. The molecule has 35 heavy (non-hydrogen) atoms. The predicted octanol–water partition coefficient (Wildman–Crippen LogP) is 5.63. The van der Waals surface area contributed by atoms with Crippen molar-refractivity contribution in [1.82, 2.24) is 10.6 Å². The van der Waals surface area contributed by atoms with Crippen molar-refractivity contribution in [3.63, 3.8) is 0 Å². The first kappa shape index (κ1) is 25.0. The van der Waals surface area contributed by atoms with Gasteiger partial charge in [0.1, 0.15) is 17.7 Å². The number of thiocarbonyl (C=S) groups is 1. The maximum Gasteiger partial charge on any atom is 0.271 e. The molecule has 8 nitrogen and oxygen atoms in total. The minimum absolute atomic E-state index is 0.0186. The van der Waals surface area contributed by atoms with Gasteiger partial charge in [0.25, 0.3) is 5.69 Å². The van der Waals surface area contributed by atoms with Crippen molar-refractivity contribution >= 4 is 69.4 Å². The highest BCUT2D eigenvalue weighted by atomic mass is 35.6. The van der Waals surface area contributed by atoms with Crippen LogP contribution in [0.3, 0.4) is 0 Å². The number of non-ortho nitro benzene ring substituents is 1. The lowest BCUT2D eigenvalue weighted by atomic mass is 9.87. The molecule has 0 spiro atoms. The zero-order valence-corrected chi connectivity index (χ0v) is 20.8. The molecule has 0 aliphatic carbocycles. The molecule has 1 aliphatic rings. The standard InChI is InChI=1S/C23H17Cl3N4O4S/c24-23(25,26)21(29-22(35)27-13-6-5-7-14(12-13)30(32)33)28-20(31)19-15-8-1-3-10-17(15)34-18-11-4-2-9-16(18)19/h1-12,19,21H,(H,28,31)(H2,27,29,35). The Morgan fingerprint density at radius 2 is 1.57 bits per heavy atom. The third-order valence-electron chi connectivity index (χ3n) is 5.15. The van der Waals surface area contributed by atoms with Crippen molar-refractivity contribution in [2.24, 2.45) is 0 Å². The van der Waals surface area contributed by atoms with Gasteiger partial charge in [-0.2, -0.15) is 0 Å². The number of hydrogen-bond donors (Lipinski definition) is 3. The van der Waals surface area contributed by atoms with E-state index >= 15 is 0 Å². The highest BCUT2D eigenvalue weighted by Gasteiger charge is 2.39. The van der Waals surface area contributed by atoms with Crippen LogP contribution >= 0.6 is 47.0 Å². The number of fused-ring (bicyclic) bond motifs is 2. The Morgan fingerprint density at radius 1 is 0.971 bits per heavy atom. The number of hydrogen-bond acceptors (Lipinski definition) is 5. The number of nitrogens with zero attached hydrogens (tertiary/aromatic N) is 1. The molecule has 3 N–H and O–H groups in total. The Kier molecular flexibility index (Phi) is 7.32. The summed E-state index contributed by atoms with van der Waals surface area (Å²) < 4.78 is 3.94. The van der Waals surface area contributed by atoms with E-state index in [-0.39, 0.29) is 10.8 Å². The molecule has 1 aliphatic heterocycles. The average Bonchev–Trinajstić information content (AvgIpc) is 2.81. The van der Waals surface area contributed by atoms with E-state index in [4.69, 9.17) is 51.8 Å². The van der Waals surface area contributed by atoms with Gasteiger partial charge in [0.05, 0.1) is 10.8 Å². The lowest BCUT2D eigenvalue weighted by Gasteiger charge is -2.32. The quantitative estimate of drug-likeness (QED) is 0.124. The van der Waals surface area contributed by atoms with Crippen molar-refractivity contribution in [2.45, 2.75) is 15.9 Å². The third kappa shape index (κ3) is 5.76. The van der Waals surface area contributed by atoms with E-state index in [2.05, 4.69) is 16.0 Å². The molecule has 4 rings (SSSR count). The van der Waals surface area contributed by atoms with E-state index < -0.39 is 26.7 Å². The molecule has 1 atom stereocenters. The predicted molar refractivity (Wildman–Crippen MR) is 139 cm³/mol. The minimum atomic E-state index is -1.99. The number of halogens is 3. The number of nitrogens with one attached hydrogen (secondary N) is 3. The Bertz CT molecular complexity index is 1260. The molecule has 0 bridgehead atoms. The smallest absolute Gasteiger partial charge is 0.271 e. The monoisotopic (exact) mass is 550 g/mol. The Hall–Kier alpha value is -3.11. The fourth-order valence-electron chi connectivity index (χ4n) is 3.61. The maximum absolute atomic E-state index is 13.5. The summed E-state index contributed by atoms with van der Waals surface area (Å²) in [7, 11) is 0. The number of nitro groups is 1. The van der Waals surface area contributed by atoms with Crippen LogP contribution in [0.4, 0.5) is 11.4 Å². The van der Waals surface area contributed by atoms with E-state index in [9.17, 15) is 14.9 Å². The Morgan fingerprint density at radius 3 is 2.14 bits per heavy atom. The summed E-state index contributed by atoms with van der Waals surface area (Å²) in [6.45, 7) is 0. The molecule has 0 saturated heterocycles. The summed E-state index contributed by atoms with van der Waals surface area (Å²) in [6.07, 6.45) is -1.24. The number of nitro benzene ring substituents is 1. The van der Waals surface area contributed by atoms with E-state index in [0.717, 1.165) is 0 Å². The Labute approximate surface area is 220 Å². The van der Waals surface area contributed by atoms with Crippen LogP contribution in [0.1, 0.15) is 17.0 Å². The molecule has 0 saturated carbocycles. The molecule has 180 valence electrons. The van der Waals surface area contributed by atoms with E-state index in [1.165, 1.54) is 18.2 Å². The van der Waals surface area contributed by atoms with Crippen molar-refractivity contribution in [3.8, 4) is 11.5 Å². The number of carbonyl (C=O) groups is 1.